The van der Waals surface area contributed by atoms with Gasteiger partial charge in [-0.15, -0.1) is 0 Å². The van der Waals surface area contributed by atoms with E-state index in [1.54, 1.807) is 0 Å². The number of alkyl halides is 3. The summed E-state index contributed by atoms with van der Waals surface area (Å²) in [7, 11) is 0. The topological polar surface area (TPSA) is 32.8 Å². The van der Waals surface area contributed by atoms with Crippen LogP contribution in [0, 0.1) is 0 Å². The van der Waals surface area contributed by atoms with Gasteiger partial charge < -0.3 is 0 Å². The first-order chi connectivity index (χ1) is 5.54. The molecule has 0 spiro atoms. The van der Waals surface area contributed by atoms with Crippen LogP contribution in [0.15, 0.2) is 18.3 Å². The number of aromatic nitrogens is 1. The fourth-order valence-electron chi connectivity index (χ4n) is 0.733. The minimum atomic E-state index is -4.40. The highest BCUT2D eigenvalue weighted by atomic mass is 19.4. The molecule has 12 heavy (non-hydrogen) atoms. The van der Waals surface area contributed by atoms with Crippen LogP contribution in [-0.4, -0.2) is 4.98 Å². The molecule has 5 heteroatoms. The molecule has 0 saturated carbocycles. The summed E-state index contributed by atoms with van der Waals surface area (Å²) in [4.78, 5) is 3.46. The van der Waals surface area contributed by atoms with Gasteiger partial charge in [-0.2, -0.15) is 13.2 Å². The molecule has 0 unspecified atom stereocenters. The zero-order valence-electron chi connectivity index (χ0n) is 5.93. The van der Waals surface area contributed by atoms with E-state index in [-0.39, 0.29) is 5.69 Å². The van der Waals surface area contributed by atoms with Crippen molar-refractivity contribution in [2.75, 3.05) is 0 Å². The Balaban J connectivity index is 3.02. The van der Waals surface area contributed by atoms with Gasteiger partial charge in [-0.05, 0) is 12.1 Å². The maximum atomic E-state index is 12.0. The summed E-state index contributed by atoms with van der Waals surface area (Å²) in [5, 5.41) is 10.2. The summed E-state index contributed by atoms with van der Waals surface area (Å²) >= 11 is 0. The molecule has 1 aromatic rings. The van der Waals surface area contributed by atoms with E-state index in [2.05, 4.69) is 4.98 Å². The van der Waals surface area contributed by atoms with Crippen molar-refractivity contribution in [1.29, 1.82) is 0 Å². The Morgan fingerprint density at radius 3 is 2.58 bits per heavy atom. The fourth-order valence-corrected chi connectivity index (χ4v) is 0.733. The molecule has 0 amide bonds. The molecule has 0 aliphatic carbocycles. The van der Waals surface area contributed by atoms with Crippen molar-refractivity contribution in [3.05, 3.63) is 29.6 Å². The molecule has 0 bridgehead atoms. The highest BCUT2D eigenvalue weighted by Gasteiger charge is 2.30. The van der Waals surface area contributed by atoms with Crippen molar-refractivity contribution >= 4 is 0 Å². The van der Waals surface area contributed by atoms with E-state index >= 15 is 0 Å². The molecule has 1 rings (SSSR count). The smallest absolute Gasteiger partial charge is 0.259 e. The van der Waals surface area contributed by atoms with E-state index in [0.29, 0.717) is 0 Å². The SMILES string of the molecule is [O]Cc1cc(C(F)(F)F)ccn1. The predicted molar refractivity (Wildman–Crippen MR) is 33.6 cm³/mol. The molecule has 0 saturated heterocycles. The molecule has 0 aliphatic heterocycles. The lowest BCUT2D eigenvalue weighted by atomic mass is 10.2. The second-order valence-electron chi connectivity index (χ2n) is 2.18. The third kappa shape index (κ3) is 1.94. The van der Waals surface area contributed by atoms with Crippen LogP contribution in [0.3, 0.4) is 0 Å². The van der Waals surface area contributed by atoms with E-state index in [4.69, 9.17) is 0 Å². The van der Waals surface area contributed by atoms with E-state index in [1.807, 2.05) is 0 Å². The van der Waals surface area contributed by atoms with Crippen LogP contribution in [0.25, 0.3) is 0 Å². The molecule has 1 radical (unpaired) electrons. The van der Waals surface area contributed by atoms with Gasteiger partial charge in [0.2, 0.25) is 0 Å². The summed E-state index contributed by atoms with van der Waals surface area (Å²) in [6.45, 7) is -0.732. The third-order valence-electron chi connectivity index (χ3n) is 1.29. The Bertz CT molecular complexity index is 272. The van der Waals surface area contributed by atoms with Gasteiger partial charge in [0.1, 0.15) is 6.61 Å². The molecule has 0 atom stereocenters. The second-order valence-corrected chi connectivity index (χ2v) is 2.18. The van der Waals surface area contributed by atoms with Gasteiger partial charge in [-0.3, -0.25) is 4.98 Å². The van der Waals surface area contributed by atoms with Crippen molar-refractivity contribution in [2.45, 2.75) is 12.8 Å². The highest BCUT2D eigenvalue weighted by molar-refractivity contribution is 5.18. The van der Waals surface area contributed by atoms with Crippen LogP contribution < -0.4 is 0 Å². The molecule has 2 nitrogen and oxygen atoms in total. The normalized spacial score (nSPS) is 11.7. The number of hydrogen-bond acceptors (Lipinski definition) is 1. The van der Waals surface area contributed by atoms with Crippen LogP contribution in [0.1, 0.15) is 11.3 Å². The van der Waals surface area contributed by atoms with Crippen LogP contribution in [0.2, 0.25) is 0 Å². The predicted octanol–water partition coefficient (Wildman–Crippen LogP) is 2.03. The summed E-state index contributed by atoms with van der Waals surface area (Å²) in [5.41, 5.74) is -0.923. The summed E-state index contributed by atoms with van der Waals surface area (Å²) in [6.07, 6.45) is -3.41. The van der Waals surface area contributed by atoms with Gasteiger partial charge in [0.05, 0.1) is 11.3 Å². The lowest BCUT2D eigenvalue weighted by Gasteiger charge is -2.05. The van der Waals surface area contributed by atoms with Crippen molar-refractivity contribution in [1.82, 2.24) is 4.98 Å². The van der Waals surface area contributed by atoms with Crippen LogP contribution in [-0.2, 0) is 17.9 Å². The largest absolute Gasteiger partial charge is 0.416 e. The zero-order valence-corrected chi connectivity index (χ0v) is 5.93. The van der Waals surface area contributed by atoms with Crippen molar-refractivity contribution in [3.8, 4) is 0 Å². The Morgan fingerprint density at radius 1 is 1.42 bits per heavy atom. The summed E-state index contributed by atoms with van der Waals surface area (Å²) < 4.78 is 35.9. The average Bonchev–Trinajstić information content (AvgIpc) is 2.03. The van der Waals surface area contributed by atoms with Crippen molar-refractivity contribution in [2.24, 2.45) is 0 Å². The quantitative estimate of drug-likeness (QED) is 0.644. The van der Waals surface area contributed by atoms with Crippen molar-refractivity contribution in [3.63, 3.8) is 0 Å². The average molecular weight is 176 g/mol. The Labute approximate surface area is 66.7 Å². The van der Waals surface area contributed by atoms with Gasteiger partial charge in [-0.25, -0.2) is 5.11 Å². The minimum absolute atomic E-state index is 0.0928. The van der Waals surface area contributed by atoms with Gasteiger partial charge in [0.25, 0.3) is 0 Å². The monoisotopic (exact) mass is 176 g/mol. The molecule has 1 heterocycles. The molecule has 0 aliphatic rings. The highest BCUT2D eigenvalue weighted by Crippen LogP contribution is 2.28. The van der Waals surface area contributed by atoms with Gasteiger partial charge in [-0.1, -0.05) is 0 Å². The molecular formula is C7H5F3NO. The second kappa shape index (κ2) is 3.10. The van der Waals surface area contributed by atoms with Gasteiger partial charge in [0.15, 0.2) is 0 Å². The Morgan fingerprint density at radius 2 is 2.08 bits per heavy atom. The molecule has 65 valence electrons. The molecule has 0 aromatic carbocycles. The van der Waals surface area contributed by atoms with E-state index in [0.717, 1.165) is 18.3 Å². The number of pyridine rings is 1. The zero-order chi connectivity index (χ0) is 9.19. The number of nitrogens with zero attached hydrogens (tertiary/aromatic N) is 1. The van der Waals surface area contributed by atoms with Crippen LogP contribution >= 0.6 is 0 Å². The number of rotatable bonds is 1. The molecule has 0 N–H and O–H groups in total. The third-order valence-corrected chi connectivity index (χ3v) is 1.29. The standard InChI is InChI=1S/C7H5F3NO/c8-7(9,10)5-1-2-11-6(3-5)4-12/h1-3H,4H2. The fraction of sp³-hybridized carbons (Fsp3) is 0.286. The lowest BCUT2D eigenvalue weighted by molar-refractivity contribution is -0.137. The molecule has 1 aromatic heterocycles. The first-order valence-corrected chi connectivity index (χ1v) is 3.14. The maximum absolute atomic E-state index is 12.0. The number of halogens is 3. The van der Waals surface area contributed by atoms with Gasteiger partial charge in [0, 0.05) is 6.20 Å². The van der Waals surface area contributed by atoms with E-state index in [1.165, 1.54) is 0 Å². The Kier molecular flexibility index (Phi) is 2.32. The first-order valence-electron chi connectivity index (χ1n) is 3.14. The summed E-state index contributed by atoms with van der Waals surface area (Å²) in [6, 6.07) is 1.59. The first kappa shape index (κ1) is 8.99. The Hall–Kier alpha value is -1.10. The van der Waals surface area contributed by atoms with Crippen LogP contribution in [0.4, 0.5) is 13.2 Å². The molecule has 0 fully saturated rings. The van der Waals surface area contributed by atoms with E-state index in [9.17, 15) is 18.3 Å². The minimum Gasteiger partial charge on any atom is -0.259 e. The summed E-state index contributed by atoms with van der Waals surface area (Å²) in [5.74, 6) is 0. The molecular weight excluding hydrogens is 171 g/mol. The lowest BCUT2D eigenvalue weighted by Crippen LogP contribution is -2.05. The number of hydrogen-bond donors (Lipinski definition) is 0. The maximum Gasteiger partial charge on any atom is 0.416 e. The van der Waals surface area contributed by atoms with Gasteiger partial charge >= 0.3 is 6.18 Å². The van der Waals surface area contributed by atoms with E-state index < -0.39 is 18.3 Å². The van der Waals surface area contributed by atoms with Crippen LogP contribution in [0.5, 0.6) is 0 Å². The van der Waals surface area contributed by atoms with Crippen molar-refractivity contribution < 1.29 is 18.3 Å².